The van der Waals surface area contributed by atoms with Gasteiger partial charge in [0.2, 0.25) is 0 Å². The fraction of sp³-hybridized carbons (Fsp3) is 0. The molecule has 0 saturated heterocycles. The molecule has 2 N–H and O–H groups in total. The van der Waals surface area contributed by atoms with Gasteiger partial charge >= 0.3 is 0 Å². The van der Waals surface area contributed by atoms with E-state index in [0.29, 0.717) is 21.4 Å². The van der Waals surface area contributed by atoms with Gasteiger partial charge < -0.3 is 0 Å². The third kappa shape index (κ3) is 3.13. The van der Waals surface area contributed by atoms with Gasteiger partial charge in [0.15, 0.2) is 0 Å². The van der Waals surface area contributed by atoms with E-state index in [0.717, 1.165) is 10.9 Å². The van der Waals surface area contributed by atoms with Gasteiger partial charge in [-0.2, -0.15) is 0 Å². The summed E-state index contributed by atoms with van der Waals surface area (Å²) < 4.78 is 0. The quantitative estimate of drug-likeness (QED) is 0.703. The molecule has 4 nitrogen and oxygen atoms in total. The lowest BCUT2D eigenvalue weighted by atomic mass is 10.2. The number of pyridine rings is 1. The number of hydrogen-bond acceptors (Lipinski definition) is 3. The molecule has 1 amide bonds. The van der Waals surface area contributed by atoms with Crippen LogP contribution < -0.4 is 10.9 Å². The van der Waals surface area contributed by atoms with E-state index in [2.05, 4.69) is 15.8 Å². The van der Waals surface area contributed by atoms with Gasteiger partial charge in [-0.25, -0.2) is 4.98 Å². The molecule has 0 spiro atoms. The minimum absolute atomic E-state index is 0.316. The summed E-state index contributed by atoms with van der Waals surface area (Å²) in [5.74, 6) is -0.350. The smallest absolute Gasteiger partial charge is 0.288 e. The lowest BCUT2D eigenvalue weighted by Crippen LogP contribution is -2.30. The van der Waals surface area contributed by atoms with Crippen molar-refractivity contribution in [3.8, 4) is 0 Å². The lowest BCUT2D eigenvalue weighted by molar-refractivity contribution is 0.0958. The maximum Gasteiger partial charge on any atom is 0.288 e. The van der Waals surface area contributed by atoms with Crippen molar-refractivity contribution in [3.63, 3.8) is 0 Å². The first kappa shape index (κ1) is 14.6. The number of benzene rings is 2. The molecular weight excluding hydrogens is 321 g/mol. The third-order valence-corrected chi connectivity index (χ3v) is 3.62. The molecule has 0 aliphatic carbocycles. The van der Waals surface area contributed by atoms with Crippen molar-refractivity contribution in [2.75, 3.05) is 5.43 Å². The first-order valence-electron chi connectivity index (χ1n) is 6.51. The molecule has 0 fully saturated rings. The second-order valence-electron chi connectivity index (χ2n) is 4.59. The van der Waals surface area contributed by atoms with Gasteiger partial charge in [-0.15, -0.1) is 0 Å². The Kier molecular flexibility index (Phi) is 4.13. The molecule has 0 radical (unpaired) electrons. The van der Waals surface area contributed by atoms with Crippen LogP contribution >= 0.6 is 23.2 Å². The first-order chi connectivity index (χ1) is 10.6. The molecule has 0 atom stereocenters. The van der Waals surface area contributed by atoms with Crippen LogP contribution in [-0.2, 0) is 0 Å². The third-order valence-electron chi connectivity index (χ3n) is 3.07. The van der Waals surface area contributed by atoms with Crippen LogP contribution in [0.1, 0.15) is 10.5 Å². The van der Waals surface area contributed by atoms with Crippen molar-refractivity contribution >= 4 is 45.7 Å². The molecule has 0 aliphatic rings. The van der Waals surface area contributed by atoms with Gasteiger partial charge in [0, 0.05) is 10.4 Å². The number of halogens is 2. The van der Waals surface area contributed by atoms with E-state index in [1.807, 2.05) is 30.3 Å². The Hall–Kier alpha value is -2.30. The van der Waals surface area contributed by atoms with Gasteiger partial charge in [0.25, 0.3) is 5.91 Å². The number of aromatic nitrogens is 1. The summed E-state index contributed by atoms with van der Waals surface area (Å²) in [6.45, 7) is 0. The van der Waals surface area contributed by atoms with Gasteiger partial charge in [-0.05, 0) is 30.3 Å². The van der Waals surface area contributed by atoms with E-state index < -0.39 is 0 Å². The fourth-order valence-electron chi connectivity index (χ4n) is 1.97. The number of carbonyl (C=O) groups excluding carboxylic acids is 1. The van der Waals surface area contributed by atoms with Crippen LogP contribution in [0.2, 0.25) is 10.0 Å². The van der Waals surface area contributed by atoms with Gasteiger partial charge in [-0.1, -0.05) is 47.5 Å². The second-order valence-corrected chi connectivity index (χ2v) is 5.44. The zero-order chi connectivity index (χ0) is 15.5. The predicted octanol–water partition coefficient (Wildman–Crippen LogP) is 4.30. The van der Waals surface area contributed by atoms with E-state index in [1.165, 1.54) is 0 Å². The summed E-state index contributed by atoms with van der Waals surface area (Å²) in [6, 6.07) is 16.1. The van der Waals surface area contributed by atoms with Crippen LogP contribution in [-0.4, -0.2) is 10.9 Å². The molecule has 3 rings (SSSR count). The van der Waals surface area contributed by atoms with Crippen molar-refractivity contribution in [2.45, 2.75) is 0 Å². The number of rotatable bonds is 3. The molecule has 0 bridgehead atoms. The largest absolute Gasteiger partial charge is 0.297 e. The Bertz CT molecular complexity index is 852. The van der Waals surface area contributed by atoms with Crippen molar-refractivity contribution in [3.05, 3.63) is 70.3 Å². The molecule has 22 heavy (non-hydrogen) atoms. The van der Waals surface area contributed by atoms with Crippen LogP contribution in [0.15, 0.2) is 54.6 Å². The number of amides is 1. The van der Waals surface area contributed by atoms with Crippen LogP contribution in [0, 0.1) is 0 Å². The van der Waals surface area contributed by atoms with E-state index in [4.69, 9.17) is 23.2 Å². The zero-order valence-corrected chi connectivity index (χ0v) is 12.8. The molecule has 110 valence electrons. The highest BCUT2D eigenvalue weighted by Crippen LogP contribution is 2.24. The fourth-order valence-corrected chi connectivity index (χ4v) is 2.43. The number of anilines is 1. The number of hydrazine groups is 1. The highest BCUT2D eigenvalue weighted by Gasteiger charge is 2.08. The van der Waals surface area contributed by atoms with Crippen molar-refractivity contribution in [1.82, 2.24) is 10.4 Å². The SMILES string of the molecule is O=C(NNc1ccc(Cl)cc1Cl)c1ccc2ccccc2n1. The second kappa shape index (κ2) is 6.22. The van der Waals surface area contributed by atoms with Crippen molar-refractivity contribution in [1.29, 1.82) is 0 Å². The maximum atomic E-state index is 12.1. The van der Waals surface area contributed by atoms with E-state index in [9.17, 15) is 4.79 Å². The van der Waals surface area contributed by atoms with Crippen LogP contribution in [0.4, 0.5) is 5.69 Å². The number of fused-ring (bicyclic) bond motifs is 1. The molecule has 6 heteroatoms. The van der Waals surface area contributed by atoms with Crippen LogP contribution in [0.25, 0.3) is 10.9 Å². The van der Waals surface area contributed by atoms with Crippen molar-refractivity contribution in [2.24, 2.45) is 0 Å². The summed E-state index contributed by atoms with van der Waals surface area (Å²) in [5, 5.41) is 1.92. The summed E-state index contributed by atoms with van der Waals surface area (Å²) in [6.07, 6.45) is 0. The molecule has 0 unspecified atom stereocenters. The Balaban J connectivity index is 1.75. The molecular formula is C16H11Cl2N3O. The highest BCUT2D eigenvalue weighted by atomic mass is 35.5. The lowest BCUT2D eigenvalue weighted by Gasteiger charge is -2.10. The number of para-hydroxylation sites is 1. The Labute approximate surface area is 137 Å². The average molecular weight is 332 g/mol. The molecule has 0 aliphatic heterocycles. The highest BCUT2D eigenvalue weighted by molar-refractivity contribution is 6.36. The van der Waals surface area contributed by atoms with Gasteiger partial charge in [0.05, 0.1) is 16.2 Å². The van der Waals surface area contributed by atoms with E-state index in [-0.39, 0.29) is 5.91 Å². The zero-order valence-electron chi connectivity index (χ0n) is 11.3. The van der Waals surface area contributed by atoms with E-state index in [1.54, 1.807) is 24.3 Å². The number of nitrogens with one attached hydrogen (secondary N) is 2. The maximum absolute atomic E-state index is 12.1. The predicted molar refractivity (Wildman–Crippen MR) is 89.3 cm³/mol. The van der Waals surface area contributed by atoms with Gasteiger partial charge in [0.1, 0.15) is 5.69 Å². The Morgan fingerprint density at radius 3 is 2.64 bits per heavy atom. The molecule has 2 aromatic carbocycles. The topological polar surface area (TPSA) is 54.0 Å². The van der Waals surface area contributed by atoms with Crippen molar-refractivity contribution < 1.29 is 4.79 Å². The minimum atomic E-state index is -0.350. The standard InChI is InChI=1S/C16H11Cl2N3O/c17-11-6-8-14(12(18)9-11)20-21-16(22)15-7-5-10-3-1-2-4-13(10)19-15/h1-9,20H,(H,21,22). The van der Waals surface area contributed by atoms with Crippen LogP contribution in [0.5, 0.6) is 0 Å². The van der Waals surface area contributed by atoms with E-state index >= 15 is 0 Å². The molecule has 3 aromatic rings. The Morgan fingerprint density at radius 1 is 1.00 bits per heavy atom. The number of hydrogen-bond donors (Lipinski definition) is 2. The summed E-state index contributed by atoms with van der Waals surface area (Å²) in [7, 11) is 0. The summed E-state index contributed by atoms with van der Waals surface area (Å²) in [5.41, 5.74) is 6.95. The normalized spacial score (nSPS) is 10.5. The van der Waals surface area contributed by atoms with Crippen LogP contribution in [0.3, 0.4) is 0 Å². The molecule has 1 heterocycles. The minimum Gasteiger partial charge on any atom is -0.297 e. The molecule has 0 saturated carbocycles. The first-order valence-corrected chi connectivity index (χ1v) is 7.26. The van der Waals surface area contributed by atoms with Gasteiger partial charge in [-0.3, -0.25) is 15.6 Å². The monoisotopic (exact) mass is 331 g/mol. The molecule has 1 aromatic heterocycles. The number of carbonyl (C=O) groups is 1. The number of nitrogens with zero attached hydrogens (tertiary/aromatic N) is 1. The summed E-state index contributed by atoms with van der Waals surface area (Å²) >= 11 is 11.8. The summed E-state index contributed by atoms with van der Waals surface area (Å²) in [4.78, 5) is 16.5. The Morgan fingerprint density at radius 2 is 1.82 bits per heavy atom. The average Bonchev–Trinajstić information content (AvgIpc) is 2.53.